The van der Waals surface area contributed by atoms with E-state index in [9.17, 15) is 13.2 Å². The van der Waals surface area contributed by atoms with Gasteiger partial charge in [-0.3, -0.25) is 4.79 Å². The first-order valence-electron chi connectivity index (χ1n) is 9.59. The van der Waals surface area contributed by atoms with Crippen molar-refractivity contribution in [3.05, 3.63) is 70.7 Å². The van der Waals surface area contributed by atoms with Gasteiger partial charge >= 0.3 is 0 Å². The molecule has 0 bridgehead atoms. The fourth-order valence-electron chi connectivity index (χ4n) is 3.27. The number of sulfonamides is 1. The first kappa shape index (κ1) is 21.8. The molecule has 1 saturated heterocycles. The van der Waals surface area contributed by atoms with Crippen molar-refractivity contribution in [3.8, 4) is 0 Å². The molecule has 0 aliphatic carbocycles. The van der Waals surface area contributed by atoms with E-state index < -0.39 is 10.0 Å². The molecule has 29 heavy (non-hydrogen) atoms. The predicted molar refractivity (Wildman–Crippen MR) is 113 cm³/mol. The van der Waals surface area contributed by atoms with Gasteiger partial charge in [0.25, 0.3) is 0 Å². The highest BCUT2D eigenvalue weighted by atomic mass is 35.5. The topological polar surface area (TPSA) is 75.7 Å². The largest absolute Gasteiger partial charge is 0.370 e. The van der Waals surface area contributed by atoms with Crippen molar-refractivity contribution in [2.75, 3.05) is 26.2 Å². The summed E-state index contributed by atoms with van der Waals surface area (Å²) in [6.45, 7) is 1.80. The average Bonchev–Trinajstić information content (AvgIpc) is 2.71. The number of carbonyl (C=O) groups excluding carboxylic acids is 1. The second-order valence-electron chi connectivity index (χ2n) is 7.00. The van der Waals surface area contributed by atoms with Gasteiger partial charge in [-0.05, 0) is 29.7 Å². The lowest BCUT2D eigenvalue weighted by Crippen LogP contribution is -2.42. The molecule has 1 aliphatic rings. The zero-order valence-corrected chi connectivity index (χ0v) is 17.7. The maximum absolute atomic E-state index is 12.5. The van der Waals surface area contributed by atoms with E-state index in [1.54, 1.807) is 29.2 Å². The van der Waals surface area contributed by atoms with E-state index in [0.29, 0.717) is 43.1 Å². The Labute approximate surface area is 176 Å². The summed E-state index contributed by atoms with van der Waals surface area (Å²) in [6, 6.07) is 16.6. The van der Waals surface area contributed by atoms with E-state index in [1.807, 2.05) is 30.3 Å². The molecule has 0 aromatic heterocycles. The van der Waals surface area contributed by atoms with Gasteiger partial charge in [-0.2, -0.15) is 0 Å². The Balaban J connectivity index is 1.42. The van der Waals surface area contributed by atoms with E-state index >= 15 is 0 Å². The predicted octanol–water partition coefficient (Wildman–Crippen LogP) is 3.14. The molecule has 1 unspecified atom stereocenters. The molecule has 1 aliphatic heterocycles. The summed E-state index contributed by atoms with van der Waals surface area (Å²) >= 11 is 5.89. The fraction of sp³-hybridized carbons (Fsp3) is 0.381. The molecular weight excluding hydrogens is 412 g/mol. The van der Waals surface area contributed by atoms with Crippen molar-refractivity contribution in [3.63, 3.8) is 0 Å². The lowest BCUT2D eigenvalue weighted by atomic mass is 10.1. The third-order valence-electron chi connectivity index (χ3n) is 4.73. The molecule has 3 rings (SSSR count). The normalized spacial score (nSPS) is 17.3. The van der Waals surface area contributed by atoms with Gasteiger partial charge in [0.15, 0.2) is 0 Å². The van der Waals surface area contributed by atoms with Crippen LogP contribution >= 0.6 is 11.6 Å². The summed E-state index contributed by atoms with van der Waals surface area (Å²) in [5.41, 5.74) is 1.68. The molecule has 8 heteroatoms. The van der Waals surface area contributed by atoms with Crippen LogP contribution in [-0.4, -0.2) is 45.5 Å². The minimum Gasteiger partial charge on any atom is -0.370 e. The highest BCUT2D eigenvalue weighted by Crippen LogP contribution is 2.22. The van der Waals surface area contributed by atoms with E-state index in [1.165, 1.54) is 0 Å². The Morgan fingerprint density at radius 1 is 1.17 bits per heavy atom. The number of nitrogens with zero attached hydrogens (tertiary/aromatic N) is 1. The second-order valence-corrected chi connectivity index (χ2v) is 9.24. The third kappa shape index (κ3) is 6.82. The quantitative estimate of drug-likeness (QED) is 0.645. The number of benzene rings is 2. The Morgan fingerprint density at radius 2 is 1.97 bits per heavy atom. The van der Waals surface area contributed by atoms with Crippen LogP contribution in [0.25, 0.3) is 0 Å². The average molecular weight is 437 g/mol. The highest BCUT2D eigenvalue weighted by molar-refractivity contribution is 7.88. The van der Waals surface area contributed by atoms with Crippen molar-refractivity contribution in [2.45, 2.75) is 24.7 Å². The van der Waals surface area contributed by atoms with Crippen LogP contribution in [0.15, 0.2) is 54.6 Å². The van der Waals surface area contributed by atoms with Crippen LogP contribution in [0.5, 0.6) is 0 Å². The van der Waals surface area contributed by atoms with Crippen molar-refractivity contribution in [1.82, 2.24) is 9.62 Å². The van der Waals surface area contributed by atoms with Gasteiger partial charge in [0.2, 0.25) is 15.9 Å². The van der Waals surface area contributed by atoms with Crippen LogP contribution in [0.4, 0.5) is 0 Å². The number of nitrogens with one attached hydrogen (secondary N) is 1. The van der Waals surface area contributed by atoms with Gasteiger partial charge in [0.1, 0.15) is 6.10 Å². The number of carbonyl (C=O) groups is 1. The minimum atomic E-state index is -3.47. The summed E-state index contributed by atoms with van der Waals surface area (Å²) in [4.78, 5) is 14.3. The Kier molecular flexibility index (Phi) is 7.66. The lowest BCUT2D eigenvalue weighted by molar-refractivity contribution is -0.139. The standard InChI is InChI=1S/C21H25ClN2O4S/c22-19-9-4-6-17(14-19)16-29(26,27)23-11-5-10-21(25)24-12-13-28-20(15-24)18-7-2-1-3-8-18/h1-4,6-9,14,20,23H,5,10-13,15-16H2. The maximum atomic E-state index is 12.5. The van der Waals surface area contributed by atoms with Gasteiger partial charge < -0.3 is 9.64 Å². The molecule has 1 fully saturated rings. The van der Waals surface area contributed by atoms with E-state index in [2.05, 4.69) is 4.72 Å². The van der Waals surface area contributed by atoms with Gasteiger partial charge in [-0.1, -0.05) is 54.1 Å². The minimum absolute atomic E-state index is 0.0169. The molecule has 0 saturated carbocycles. The van der Waals surface area contributed by atoms with Gasteiger partial charge in [0.05, 0.1) is 18.9 Å². The van der Waals surface area contributed by atoms with E-state index in [-0.39, 0.29) is 24.3 Å². The van der Waals surface area contributed by atoms with Crippen LogP contribution in [0.2, 0.25) is 5.02 Å². The molecule has 156 valence electrons. The lowest BCUT2D eigenvalue weighted by Gasteiger charge is -2.33. The molecule has 1 amide bonds. The zero-order chi connectivity index (χ0) is 20.7. The summed E-state index contributed by atoms with van der Waals surface area (Å²) in [7, 11) is -3.47. The Hall–Kier alpha value is -1.93. The van der Waals surface area contributed by atoms with Crippen LogP contribution in [-0.2, 0) is 25.3 Å². The number of halogens is 1. The van der Waals surface area contributed by atoms with Crippen molar-refractivity contribution >= 4 is 27.5 Å². The Morgan fingerprint density at radius 3 is 2.72 bits per heavy atom. The number of hydrogen-bond donors (Lipinski definition) is 1. The van der Waals surface area contributed by atoms with E-state index in [0.717, 1.165) is 5.56 Å². The number of rotatable bonds is 8. The number of ether oxygens (including phenoxy) is 1. The maximum Gasteiger partial charge on any atom is 0.222 e. The molecule has 0 spiro atoms. The first-order chi connectivity index (χ1) is 13.9. The highest BCUT2D eigenvalue weighted by Gasteiger charge is 2.25. The second kappa shape index (κ2) is 10.2. The molecular formula is C21H25ClN2O4S. The van der Waals surface area contributed by atoms with Gasteiger partial charge in [-0.15, -0.1) is 0 Å². The number of amides is 1. The van der Waals surface area contributed by atoms with Crippen molar-refractivity contribution in [1.29, 1.82) is 0 Å². The SMILES string of the molecule is O=C(CCCNS(=O)(=O)Cc1cccc(Cl)c1)N1CCOC(c2ccccc2)C1. The van der Waals surface area contributed by atoms with Crippen LogP contribution in [0, 0.1) is 0 Å². The van der Waals surface area contributed by atoms with Crippen molar-refractivity contribution in [2.24, 2.45) is 0 Å². The van der Waals surface area contributed by atoms with Crippen molar-refractivity contribution < 1.29 is 17.9 Å². The molecule has 2 aromatic carbocycles. The summed E-state index contributed by atoms with van der Waals surface area (Å²) in [5, 5.41) is 0.502. The molecule has 0 radical (unpaired) electrons. The smallest absolute Gasteiger partial charge is 0.222 e. The van der Waals surface area contributed by atoms with Gasteiger partial charge in [-0.25, -0.2) is 13.1 Å². The van der Waals surface area contributed by atoms with Crippen LogP contribution in [0.1, 0.15) is 30.1 Å². The summed E-state index contributed by atoms with van der Waals surface area (Å²) in [5.74, 6) is -0.118. The molecule has 1 N–H and O–H groups in total. The zero-order valence-electron chi connectivity index (χ0n) is 16.1. The molecule has 1 atom stereocenters. The molecule has 1 heterocycles. The first-order valence-corrected chi connectivity index (χ1v) is 11.6. The Bertz CT molecular complexity index is 921. The third-order valence-corrected chi connectivity index (χ3v) is 6.32. The number of morpholine rings is 1. The van der Waals surface area contributed by atoms with Crippen LogP contribution < -0.4 is 4.72 Å². The van der Waals surface area contributed by atoms with E-state index in [4.69, 9.17) is 16.3 Å². The summed E-state index contributed by atoms with van der Waals surface area (Å²) in [6.07, 6.45) is 0.618. The molecule has 6 nitrogen and oxygen atoms in total. The summed E-state index contributed by atoms with van der Waals surface area (Å²) < 4.78 is 32.7. The fourth-order valence-corrected chi connectivity index (χ4v) is 4.66. The van der Waals surface area contributed by atoms with Crippen LogP contribution in [0.3, 0.4) is 0 Å². The molecule has 2 aromatic rings. The number of hydrogen-bond acceptors (Lipinski definition) is 4. The monoisotopic (exact) mass is 436 g/mol. The van der Waals surface area contributed by atoms with Gasteiger partial charge in [0, 0.05) is 24.5 Å².